The number of hydrogen-bond acceptors (Lipinski definition) is 9. The number of carbonyl (C=O) groups is 3. The molecule has 52 heavy (non-hydrogen) atoms. The van der Waals surface area contributed by atoms with Crippen LogP contribution in [0, 0.1) is 0 Å². The second kappa shape index (κ2) is 16.4. The van der Waals surface area contributed by atoms with Gasteiger partial charge >= 0.3 is 11.7 Å². The highest BCUT2D eigenvalue weighted by atomic mass is 16.6. The van der Waals surface area contributed by atoms with Gasteiger partial charge in [-0.25, -0.2) is 4.79 Å². The van der Waals surface area contributed by atoms with E-state index < -0.39 is 41.6 Å². The Morgan fingerprint density at radius 1 is 0.827 bits per heavy atom. The number of methoxy groups -OCH3 is 1. The maximum atomic E-state index is 13.3. The van der Waals surface area contributed by atoms with Crippen LogP contribution in [0.4, 0.5) is 5.82 Å². The van der Waals surface area contributed by atoms with Gasteiger partial charge in [-0.1, -0.05) is 91.0 Å². The molecule has 1 saturated heterocycles. The number of carbonyl (C=O) groups excluding carboxylic acids is 3. The molecular formula is C41H39N3O8. The number of nitrogens with zero attached hydrogens (tertiary/aromatic N) is 2. The summed E-state index contributed by atoms with van der Waals surface area (Å²) in [6.07, 6.45) is -0.934. The lowest BCUT2D eigenvalue weighted by atomic mass is 9.80. The van der Waals surface area contributed by atoms with Crippen molar-refractivity contribution < 1.29 is 33.3 Å². The molecular weight excluding hydrogens is 662 g/mol. The highest BCUT2D eigenvalue weighted by molar-refractivity contribution is 6.03. The van der Waals surface area contributed by atoms with E-state index in [-0.39, 0.29) is 37.5 Å². The summed E-state index contributed by atoms with van der Waals surface area (Å²) in [7, 11) is 1.53. The lowest BCUT2D eigenvalue weighted by Crippen LogP contribution is -2.39. The molecule has 4 aromatic carbocycles. The zero-order chi connectivity index (χ0) is 36.5. The molecule has 0 saturated carbocycles. The summed E-state index contributed by atoms with van der Waals surface area (Å²) in [6, 6.07) is 37.5. The Balaban J connectivity index is 1.28. The Morgan fingerprint density at radius 2 is 1.40 bits per heavy atom. The first-order valence-corrected chi connectivity index (χ1v) is 17.0. The Labute approximate surface area is 301 Å². The number of esters is 1. The Morgan fingerprint density at radius 3 is 1.92 bits per heavy atom. The van der Waals surface area contributed by atoms with Crippen LogP contribution in [0.25, 0.3) is 0 Å². The summed E-state index contributed by atoms with van der Waals surface area (Å²) < 4.78 is 25.8. The summed E-state index contributed by atoms with van der Waals surface area (Å²) in [5.41, 5.74) is 1.25. The van der Waals surface area contributed by atoms with Gasteiger partial charge in [0.05, 0.1) is 20.1 Å². The first-order chi connectivity index (χ1) is 25.3. The van der Waals surface area contributed by atoms with Crippen molar-refractivity contribution in [1.82, 2.24) is 9.55 Å². The van der Waals surface area contributed by atoms with Crippen LogP contribution in [0.3, 0.4) is 0 Å². The van der Waals surface area contributed by atoms with E-state index in [9.17, 15) is 19.2 Å². The van der Waals surface area contributed by atoms with Gasteiger partial charge in [-0.15, -0.1) is 0 Å². The second-order valence-corrected chi connectivity index (χ2v) is 12.4. The van der Waals surface area contributed by atoms with Crippen molar-refractivity contribution in [3.05, 3.63) is 160 Å². The van der Waals surface area contributed by atoms with Crippen LogP contribution in [0.2, 0.25) is 0 Å². The molecule has 0 unspecified atom stereocenters. The zero-order valence-corrected chi connectivity index (χ0v) is 28.8. The van der Waals surface area contributed by atoms with E-state index in [0.717, 1.165) is 16.7 Å². The highest BCUT2D eigenvalue weighted by Gasteiger charge is 2.44. The molecule has 0 bridgehead atoms. The minimum absolute atomic E-state index is 0.0297. The van der Waals surface area contributed by atoms with Crippen molar-refractivity contribution in [3.63, 3.8) is 0 Å². The Kier molecular flexibility index (Phi) is 11.3. The molecule has 266 valence electrons. The molecule has 0 aliphatic carbocycles. The topological polar surface area (TPSA) is 135 Å². The molecule has 5 aromatic rings. The lowest BCUT2D eigenvalue weighted by Gasteiger charge is -2.37. The average molecular weight is 702 g/mol. The van der Waals surface area contributed by atoms with Gasteiger partial charge in [0.15, 0.2) is 0 Å². The van der Waals surface area contributed by atoms with E-state index >= 15 is 0 Å². The quantitative estimate of drug-likeness (QED) is 0.108. The molecule has 1 aromatic heterocycles. The number of hydrogen-bond donors (Lipinski definition) is 1. The van der Waals surface area contributed by atoms with Gasteiger partial charge in [0.2, 0.25) is 0 Å². The standard InChI is InChI=1S/C41H39N3O8/c1-28(45)18-23-38(46)52-34-26-37(44-25-24-36(43-40(44)48)42-39(47)29-19-21-33(49-2)22-20-29)51-35(34)27-50-41(30-12-6-3-7-13-30,31-14-8-4-9-15-31)32-16-10-5-11-17-32/h3-17,19-22,24-25,34-35,37H,18,23,26-27H2,1-2H3,(H,42,43,47,48)/t34-,35-,37-/m1/s1. The van der Waals surface area contributed by atoms with Gasteiger partial charge in [0.1, 0.15) is 41.4 Å². The predicted molar refractivity (Wildman–Crippen MR) is 193 cm³/mol. The second-order valence-electron chi connectivity index (χ2n) is 12.4. The molecule has 11 nitrogen and oxygen atoms in total. The number of nitrogens with one attached hydrogen (secondary N) is 1. The molecule has 1 aliphatic heterocycles. The summed E-state index contributed by atoms with van der Waals surface area (Å²) in [5.74, 6) is -0.473. The van der Waals surface area contributed by atoms with E-state index in [1.54, 1.807) is 24.3 Å². The smallest absolute Gasteiger partial charge is 0.351 e. The molecule has 6 rings (SSSR count). The van der Waals surface area contributed by atoms with Crippen molar-refractivity contribution in [3.8, 4) is 5.75 Å². The van der Waals surface area contributed by atoms with Crippen molar-refractivity contribution in [2.75, 3.05) is 19.0 Å². The fourth-order valence-electron chi connectivity index (χ4n) is 6.26. The zero-order valence-electron chi connectivity index (χ0n) is 28.8. The third-order valence-electron chi connectivity index (χ3n) is 8.88. The van der Waals surface area contributed by atoms with Crippen LogP contribution in [0.5, 0.6) is 5.75 Å². The SMILES string of the molecule is COc1ccc(C(=O)Nc2ccn([C@H]3C[C@@H](OC(=O)CCC(C)=O)[C@@H](COC(c4ccccc4)(c4ccccc4)c4ccccc4)O3)c(=O)n2)cc1. The van der Waals surface area contributed by atoms with E-state index in [1.807, 2.05) is 91.0 Å². The molecule has 2 heterocycles. The Bertz CT molecular complexity index is 1940. The van der Waals surface area contributed by atoms with Crippen molar-refractivity contribution in [2.24, 2.45) is 0 Å². The molecule has 3 atom stereocenters. The van der Waals surface area contributed by atoms with Crippen molar-refractivity contribution in [1.29, 1.82) is 0 Å². The fraction of sp³-hybridized carbons (Fsp3) is 0.244. The number of amides is 1. The summed E-state index contributed by atoms with van der Waals surface area (Å²) >= 11 is 0. The minimum Gasteiger partial charge on any atom is -0.497 e. The predicted octanol–water partition coefficient (Wildman–Crippen LogP) is 6.08. The lowest BCUT2D eigenvalue weighted by molar-refractivity contribution is -0.156. The highest BCUT2D eigenvalue weighted by Crippen LogP contribution is 2.42. The largest absolute Gasteiger partial charge is 0.497 e. The number of Topliss-reactive ketones (excluding diaryl/α,β-unsaturated/α-hetero) is 1. The third kappa shape index (κ3) is 8.17. The number of rotatable bonds is 14. The monoisotopic (exact) mass is 701 g/mol. The van der Waals surface area contributed by atoms with E-state index in [4.69, 9.17) is 18.9 Å². The van der Waals surface area contributed by atoms with E-state index in [0.29, 0.717) is 11.3 Å². The first kappa shape index (κ1) is 35.9. The molecule has 1 aliphatic rings. The van der Waals surface area contributed by atoms with Gasteiger partial charge in [-0.3, -0.25) is 14.2 Å². The summed E-state index contributed by atoms with van der Waals surface area (Å²) in [4.78, 5) is 54.8. The fourth-order valence-corrected chi connectivity index (χ4v) is 6.26. The normalized spacial score (nSPS) is 16.9. The van der Waals surface area contributed by atoms with Gasteiger partial charge < -0.3 is 29.1 Å². The Hall–Kier alpha value is -5.91. The van der Waals surface area contributed by atoms with Crippen molar-refractivity contribution in [2.45, 2.75) is 50.2 Å². The average Bonchev–Trinajstić information content (AvgIpc) is 3.57. The number of ether oxygens (including phenoxy) is 4. The van der Waals surface area contributed by atoms with Gasteiger partial charge in [0.25, 0.3) is 5.91 Å². The van der Waals surface area contributed by atoms with E-state index in [2.05, 4.69) is 10.3 Å². The summed E-state index contributed by atoms with van der Waals surface area (Å²) in [6.45, 7) is 1.38. The summed E-state index contributed by atoms with van der Waals surface area (Å²) in [5, 5.41) is 2.64. The molecule has 11 heteroatoms. The molecule has 1 N–H and O–H groups in total. The first-order valence-electron chi connectivity index (χ1n) is 17.0. The van der Waals surface area contributed by atoms with Crippen LogP contribution < -0.4 is 15.7 Å². The molecule has 0 spiro atoms. The molecule has 1 fully saturated rings. The minimum atomic E-state index is -1.07. The van der Waals surface area contributed by atoms with Crippen LogP contribution in [0.1, 0.15) is 59.5 Å². The van der Waals surface area contributed by atoms with Gasteiger partial charge in [-0.2, -0.15) is 4.98 Å². The maximum Gasteiger partial charge on any atom is 0.351 e. The van der Waals surface area contributed by atoms with Crippen LogP contribution in [-0.2, 0) is 29.4 Å². The third-order valence-corrected chi connectivity index (χ3v) is 8.88. The van der Waals surface area contributed by atoms with Crippen LogP contribution in [-0.4, -0.2) is 53.1 Å². The number of anilines is 1. The number of aromatic nitrogens is 2. The van der Waals surface area contributed by atoms with Crippen LogP contribution in [0.15, 0.2) is 132 Å². The number of benzene rings is 4. The number of ketones is 1. The van der Waals surface area contributed by atoms with Gasteiger partial charge in [0, 0.05) is 24.6 Å². The van der Waals surface area contributed by atoms with Crippen LogP contribution >= 0.6 is 0 Å². The van der Waals surface area contributed by atoms with Gasteiger partial charge in [-0.05, 0) is 53.9 Å². The molecule has 1 amide bonds. The maximum absolute atomic E-state index is 13.3. The van der Waals surface area contributed by atoms with Crippen molar-refractivity contribution >= 4 is 23.5 Å². The van der Waals surface area contributed by atoms with E-state index in [1.165, 1.54) is 30.9 Å². The molecule has 0 radical (unpaired) electrons.